The largest absolute Gasteiger partial charge is 0.497 e. The average Bonchev–Trinajstić information content (AvgIpc) is 2.30. The lowest BCUT2D eigenvalue weighted by molar-refractivity contribution is 0.411. The third kappa shape index (κ3) is 1.97. The summed E-state index contributed by atoms with van der Waals surface area (Å²) < 4.78 is 18.6. The molecule has 0 N–H and O–H groups in total. The van der Waals surface area contributed by atoms with Gasteiger partial charge in [-0.25, -0.2) is 14.4 Å². The second-order valence-corrected chi connectivity index (χ2v) is 3.47. The summed E-state index contributed by atoms with van der Waals surface area (Å²) in [5, 5.41) is 0.312. The van der Waals surface area contributed by atoms with E-state index in [1.165, 1.54) is 25.7 Å². The molecule has 0 atom stereocenters. The highest BCUT2D eigenvalue weighted by Gasteiger charge is 2.10. The first-order chi connectivity index (χ1) is 7.72. The van der Waals surface area contributed by atoms with E-state index in [0.717, 1.165) is 0 Å². The Hall–Kier alpha value is -1.68. The Labute approximate surface area is 96.9 Å². The van der Waals surface area contributed by atoms with Gasteiger partial charge in [-0.2, -0.15) is 0 Å². The van der Waals surface area contributed by atoms with Crippen LogP contribution in [0.2, 0.25) is 5.02 Å². The minimum atomic E-state index is -0.431. The molecule has 0 spiro atoms. The minimum absolute atomic E-state index is 0.312. The van der Waals surface area contributed by atoms with Crippen molar-refractivity contribution in [3.05, 3.63) is 41.6 Å². The minimum Gasteiger partial charge on any atom is -0.497 e. The molecule has 0 saturated heterocycles. The van der Waals surface area contributed by atoms with E-state index in [1.54, 1.807) is 12.1 Å². The Balaban J connectivity index is 2.53. The number of halogens is 2. The second-order valence-electron chi connectivity index (χ2n) is 3.07. The maximum Gasteiger partial charge on any atom is 0.136 e. The molecule has 0 amide bonds. The molecule has 2 aromatic rings. The van der Waals surface area contributed by atoms with Gasteiger partial charge in [-0.3, -0.25) is 0 Å². The molecule has 82 valence electrons. The maximum atomic E-state index is 13.7. The van der Waals surface area contributed by atoms with Crippen LogP contribution in [0.5, 0.6) is 5.75 Å². The molecule has 1 aromatic carbocycles. The predicted octanol–water partition coefficient (Wildman–Crippen LogP) is 2.94. The van der Waals surface area contributed by atoms with Crippen molar-refractivity contribution in [2.24, 2.45) is 0 Å². The molecule has 0 aliphatic carbocycles. The fourth-order valence-corrected chi connectivity index (χ4v) is 1.53. The summed E-state index contributed by atoms with van der Waals surface area (Å²) in [5.41, 5.74) is 0.699. The Morgan fingerprint density at radius 2 is 2.19 bits per heavy atom. The van der Waals surface area contributed by atoms with Crippen molar-refractivity contribution in [3.63, 3.8) is 0 Å². The van der Waals surface area contributed by atoms with Crippen LogP contribution in [0.1, 0.15) is 0 Å². The van der Waals surface area contributed by atoms with Crippen LogP contribution in [-0.4, -0.2) is 17.1 Å². The predicted molar refractivity (Wildman–Crippen MR) is 59.0 cm³/mol. The van der Waals surface area contributed by atoms with Gasteiger partial charge in [-0.15, -0.1) is 0 Å². The number of aromatic nitrogens is 2. The molecule has 0 radical (unpaired) electrons. The van der Waals surface area contributed by atoms with Crippen molar-refractivity contribution in [1.29, 1.82) is 0 Å². The fraction of sp³-hybridized carbons (Fsp3) is 0.0909. The van der Waals surface area contributed by atoms with Gasteiger partial charge in [0.15, 0.2) is 0 Å². The molecular weight excluding hydrogens is 231 g/mol. The van der Waals surface area contributed by atoms with Gasteiger partial charge in [-0.05, 0) is 12.1 Å². The quantitative estimate of drug-likeness (QED) is 0.807. The van der Waals surface area contributed by atoms with E-state index < -0.39 is 5.82 Å². The fourth-order valence-electron chi connectivity index (χ4n) is 1.33. The van der Waals surface area contributed by atoms with E-state index >= 15 is 0 Å². The monoisotopic (exact) mass is 238 g/mol. The number of benzene rings is 1. The van der Waals surface area contributed by atoms with E-state index in [0.29, 0.717) is 22.0 Å². The Kier molecular flexibility index (Phi) is 3.01. The van der Waals surface area contributed by atoms with Crippen molar-refractivity contribution in [2.75, 3.05) is 7.11 Å². The summed E-state index contributed by atoms with van der Waals surface area (Å²) >= 11 is 5.88. The van der Waals surface area contributed by atoms with Gasteiger partial charge in [0, 0.05) is 17.8 Å². The van der Waals surface area contributed by atoms with Gasteiger partial charge >= 0.3 is 0 Å². The molecule has 1 heterocycles. The summed E-state index contributed by atoms with van der Waals surface area (Å²) in [4.78, 5) is 7.68. The molecule has 0 saturated carbocycles. The lowest BCUT2D eigenvalue weighted by Gasteiger charge is -2.05. The number of ether oxygens (including phenoxy) is 1. The zero-order chi connectivity index (χ0) is 11.5. The molecule has 1 aromatic heterocycles. The zero-order valence-electron chi connectivity index (χ0n) is 8.45. The molecule has 0 aliphatic rings. The van der Waals surface area contributed by atoms with Gasteiger partial charge < -0.3 is 4.74 Å². The molecule has 3 nitrogen and oxygen atoms in total. The first kappa shape index (κ1) is 10.8. The maximum absolute atomic E-state index is 13.7. The van der Waals surface area contributed by atoms with Gasteiger partial charge in [-0.1, -0.05) is 11.6 Å². The van der Waals surface area contributed by atoms with Gasteiger partial charge in [0.05, 0.1) is 17.8 Å². The van der Waals surface area contributed by atoms with Crippen LogP contribution in [0.15, 0.2) is 30.7 Å². The summed E-state index contributed by atoms with van der Waals surface area (Å²) in [6, 6.07) is 4.51. The van der Waals surface area contributed by atoms with Crippen molar-refractivity contribution in [1.82, 2.24) is 9.97 Å². The highest BCUT2D eigenvalue weighted by atomic mass is 35.5. The van der Waals surface area contributed by atoms with Crippen LogP contribution in [0.25, 0.3) is 11.3 Å². The molecule has 5 heteroatoms. The summed E-state index contributed by atoms with van der Waals surface area (Å²) in [6.45, 7) is 0. The number of hydrogen-bond acceptors (Lipinski definition) is 3. The lowest BCUT2D eigenvalue weighted by Crippen LogP contribution is -1.91. The van der Waals surface area contributed by atoms with Crippen LogP contribution < -0.4 is 4.74 Å². The molecule has 0 bridgehead atoms. The topological polar surface area (TPSA) is 35.0 Å². The summed E-state index contributed by atoms with van der Waals surface area (Å²) in [5.74, 6) is 0.0198. The number of rotatable bonds is 2. The molecule has 0 aliphatic heterocycles. The van der Waals surface area contributed by atoms with Crippen LogP contribution in [0, 0.1) is 5.82 Å². The number of hydrogen-bond donors (Lipinski definition) is 0. The zero-order valence-corrected chi connectivity index (χ0v) is 9.20. The molecule has 2 rings (SSSR count). The van der Waals surface area contributed by atoms with Crippen molar-refractivity contribution < 1.29 is 9.13 Å². The van der Waals surface area contributed by atoms with Crippen LogP contribution >= 0.6 is 11.6 Å². The molecule has 0 unspecified atom stereocenters. The van der Waals surface area contributed by atoms with Gasteiger partial charge in [0.25, 0.3) is 0 Å². The van der Waals surface area contributed by atoms with Gasteiger partial charge in [0.1, 0.15) is 17.9 Å². The molecular formula is C11H8ClFN2O. The first-order valence-corrected chi connectivity index (χ1v) is 4.89. The molecule has 16 heavy (non-hydrogen) atoms. The SMILES string of the molecule is COc1ccc(-c2ncncc2Cl)c(F)c1. The van der Waals surface area contributed by atoms with E-state index in [1.807, 2.05) is 0 Å². The number of nitrogens with zero attached hydrogens (tertiary/aromatic N) is 2. The van der Waals surface area contributed by atoms with Crippen molar-refractivity contribution in [2.45, 2.75) is 0 Å². The van der Waals surface area contributed by atoms with Crippen LogP contribution in [0.3, 0.4) is 0 Å². The Bertz CT molecular complexity index is 519. The highest BCUT2D eigenvalue weighted by molar-refractivity contribution is 6.32. The van der Waals surface area contributed by atoms with Gasteiger partial charge in [0.2, 0.25) is 0 Å². The Morgan fingerprint density at radius 3 is 2.81 bits per heavy atom. The van der Waals surface area contributed by atoms with Crippen LogP contribution in [0.4, 0.5) is 4.39 Å². The normalized spacial score (nSPS) is 10.2. The third-order valence-electron chi connectivity index (χ3n) is 2.10. The van der Waals surface area contributed by atoms with E-state index in [-0.39, 0.29) is 0 Å². The van der Waals surface area contributed by atoms with Crippen LogP contribution in [-0.2, 0) is 0 Å². The van der Waals surface area contributed by atoms with E-state index in [2.05, 4.69) is 9.97 Å². The summed E-state index contributed by atoms with van der Waals surface area (Å²) in [7, 11) is 1.48. The number of methoxy groups -OCH3 is 1. The van der Waals surface area contributed by atoms with E-state index in [4.69, 9.17) is 16.3 Å². The average molecular weight is 239 g/mol. The Morgan fingerprint density at radius 1 is 1.38 bits per heavy atom. The first-order valence-electron chi connectivity index (χ1n) is 4.52. The smallest absolute Gasteiger partial charge is 0.136 e. The lowest BCUT2D eigenvalue weighted by atomic mass is 10.1. The summed E-state index contributed by atoms with van der Waals surface area (Å²) in [6.07, 6.45) is 2.75. The molecule has 0 fully saturated rings. The third-order valence-corrected chi connectivity index (χ3v) is 2.38. The van der Waals surface area contributed by atoms with Crippen molar-refractivity contribution >= 4 is 11.6 Å². The standard InChI is InChI=1S/C11H8ClFN2O/c1-16-7-2-3-8(10(13)4-7)11-9(12)5-14-6-15-11/h2-6H,1H3. The van der Waals surface area contributed by atoms with E-state index in [9.17, 15) is 4.39 Å². The second kappa shape index (κ2) is 4.45. The highest BCUT2D eigenvalue weighted by Crippen LogP contribution is 2.28. The van der Waals surface area contributed by atoms with Crippen molar-refractivity contribution in [3.8, 4) is 17.0 Å².